The SMILES string of the molecule is C=CCC(CC(C)(C)C)C(=O)N1CCOC1=O. The zero-order valence-corrected chi connectivity index (χ0v) is 10.9. The summed E-state index contributed by atoms with van der Waals surface area (Å²) >= 11 is 0. The molecule has 4 nitrogen and oxygen atoms in total. The van der Waals surface area contributed by atoms with Gasteiger partial charge in [0, 0.05) is 5.92 Å². The number of cyclic esters (lactones) is 1. The monoisotopic (exact) mass is 239 g/mol. The lowest BCUT2D eigenvalue weighted by molar-refractivity contribution is -0.132. The molecule has 96 valence electrons. The molecular formula is C13H21NO3. The molecule has 1 unspecified atom stereocenters. The molecule has 0 aromatic heterocycles. The molecule has 1 aliphatic rings. The van der Waals surface area contributed by atoms with Gasteiger partial charge in [-0.05, 0) is 18.3 Å². The molecule has 0 bridgehead atoms. The maximum Gasteiger partial charge on any atom is 0.416 e. The van der Waals surface area contributed by atoms with Gasteiger partial charge in [-0.25, -0.2) is 9.69 Å². The molecule has 17 heavy (non-hydrogen) atoms. The maximum atomic E-state index is 12.2. The Morgan fingerprint density at radius 3 is 2.65 bits per heavy atom. The van der Waals surface area contributed by atoms with Crippen LogP contribution in [-0.2, 0) is 9.53 Å². The molecule has 1 aliphatic heterocycles. The molecular weight excluding hydrogens is 218 g/mol. The summed E-state index contributed by atoms with van der Waals surface area (Å²) < 4.78 is 4.79. The lowest BCUT2D eigenvalue weighted by atomic mass is 9.82. The molecule has 0 N–H and O–H groups in total. The zero-order chi connectivity index (χ0) is 13.1. The van der Waals surface area contributed by atoms with Crippen molar-refractivity contribution in [3.05, 3.63) is 12.7 Å². The number of hydrogen-bond donors (Lipinski definition) is 0. The van der Waals surface area contributed by atoms with Crippen molar-refractivity contribution in [3.63, 3.8) is 0 Å². The summed E-state index contributed by atoms with van der Waals surface area (Å²) in [4.78, 5) is 24.8. The number of carbonyl (C=O) groups excluding carboxylic acids is 2. The normalized spacial score (nSPS) is 17.8. The number of imide groups is 1. The van der Waals surface area contributed by atoms with Crippen LogP contribution in [0.5, 0.6) is 0 Å². The van der Waals surface area contributed by atoms with Crippen LogP contribution in [0.15, 0.2) is 12.7 Å². The van der Waals surface area contributed by atoms with Crippen LogP contribution in [0.4, 0.5) is 4.79 Å². The molecule has 0 aromatic carbocycles. The number of amides is 2. The van der Waals surface area contributed by atoms with Gasteiger partial charge < -0.3 is 4.74 Å². The van der Waals surface area contributed by atoms with Crippen molar-refractivity contribution >= 4 is 12.0 Å². The molecule has 0 aromatic rings. The third-order valence-corrected chi connectivity index (χ3v) is 2.69. The van der Waals surface area contributed by atoms with E-state index in [1.165, 1.54) is 4.90 Å². The van der Waals surface area contributed by atoms with Gasteiger partial charge in [-0.1, -0.05) is 26.8 Å². The van der Waals surface area contributed by atoms with Crippen LogP contribution < -0.4 is 0 Å². The number of hydrogen-bond acceptors (Lipinski definition) is 3. The van der Waals surface area contributed by atoms with Crippen molar-refractivity contribution in [1.29, 1.82) is 0 Å². The number of ether oxygens (including phenoxy) is 1. The average Bonchev–Trinajstić information content (AvgIpc) is 2.61. The summed E-state index contributed by atoms with van der Waals surface area (Å²) in [5.74, 6) is -0.319. The van der Waals surface area contributed by atoms with Crippen LogP contribution in [0.2, 0.25) is 0 Å². The van der Waals surface area contributed by atoms with Crippen LogP contribution in [0.25, 0.3) is 0 Å². The van der Waals surface area contributed by atoms with Crippen molar-refractivity contribution in [1.82, 2.24) is 4.90 Å². The minimum absolute atomic E-state index is 0.0486. The number of allylic oxidation sites excluding steroid dienone is 1. The van der Waals surface area contributed by atoms with Gasteiger partial charge in [0.05, 0.1) is 6.54 Å². The Kier molecular flexibility index (Phi) is 4.32. The Morgan fingerprint density at radius 2 is 2.24 bits per heavy atom. The highest BCUT2D eigenvalue weighted by Crippen LogP contribution is 2.28. The van der Waals surface area contributed by atoms with Crippen molar-refractivity contribution in [2.45, 2.75) is 33.6 Å². The molecule has 1 atom stereocenters. The molecule has 0 radical (unpaired) electrons. The standard InChI is InChI=1S/C13H21NO3/c1-5-6-10(9-13(2,3)4)11(15)14-7-8-17-12(14)16/h5,10H,1,6-9H2,2-4H3. The molecule has 0 spiro atoms. The van der Waals surface area contributed by atoms with Crippen LogP contribution in [-0.4, -0.2) is 30.1 Å². The Morgan fingerprint density at radius 1 is 1.59 bits per heavy atom. The summed E-state index contributed by atoms with van der Waals surface area (Å²) in [6.07, 6.45) is 2.55. The predicted octanol–water partition coefficient (Wildman–Crippen LogP) is 2.59. The first kappa shape index (κ1) is 13.7. The van der Waals surface area contributed by atoms with Gasteiger partial charge in [-0.3, -0.25) is 4.79 Å². The van der Waals surface area contributed by atoms with Gasteiger partial charge in [0.15, 0.2) is 0 Å². The molecule has 1 rings (SSSR count). The smallest absolute Gasteiger partial charge is 0.416 e. The number of carbonyl (C=O) groups is 2. The largest absolute Gasteiger partial charge is 0.447 e. The third kappa shape index (κ3) is 3.88. The van der Waals surface area contributed by atoms with Crippen molar-refractivity contribution in [2.75, 3.05) is 13.2 Å². The third-order valence-electron chi connectivity index (χ3n) is 2.69. The van der Waals surface area contributed by atoms with E-state index < -0.39 is 6.09 Å². The van der Waals surface area contributed by atoms with Crippen molar-refractivity contribution in [3.8, 4) is 0 Å². The van der Waals surface area contributed by atoms with E-state index in [0.717, 1.165) is 6.42 Å². The predicted molar refractivity (Wildman–Crippen MR) is 65.4 cm³/mol. The maximum absolute atomic E-state index is 12.2. The number of rotatable bonds is 4. The van der Waals surface area contributed by atoms with Crippen LogP contribution in [0.1, 0.15) is 33.6 Å². The van der Waals surface area contributed by atoms with Crippen LogP contribution in [0.3, 0.4) is 0 Å². The van der Waals surface area contributed by atoms with Gasteiger partial charge in [0.1, 0.15) is 6.61 Å². The first-order chi connectivity index (χ1) is 7.85. The lowest BCUT2D eigenvalue weighted by Gasteiger charge is -2.26. The van der Waals surface area contributed by atoms with Gasteiger partial charge in [-0.15, -0.1) is 6.58 Å². The van der Waals surface area contributed by atoms with E-state index in [0.29, 0.717) is 19.6 Å². The Labute approximate surface area is 103 Å². The summed E-state index contributed by atoms with van der Waals surface area (Å²) in [6, 6.07) is 0. The summed E-state index contributed by atoms with van der Waals surface area (Å²) in [6.45, 7) is 10.6. The summed E-state index contributed by atoms with van der Waals surface area (Å²) in [7, 11) is 0. The van der Waals surface area contributed by atoms with E-state index >= 15 is 0 Å². The van der Waals surface area contributed by atoms with Crippen molar-refractivity contribution < 1.29 is 14.3 Å². The molecule has 1 saturated heterocycles. The van der Waals surface area contributed by atoms with E-state index in [1.807, 2.05) is 0 Å². The average molecular weight is 239 g/mol. The second-order valence-corrected chi connectivity index (χ2v) is 5.59. The first-order valence-electron chi connectivity index (χ1n) is 5.94. The van der Waals surface area contributed by atoms with E-state index in [2.05, 4.69) is 27.4 Å². The highest BCUT2D eigenvalue weighted by atomic mass is 16.6. The highest BCUT2D eigenvalue weighted by molar-refractivity contribution is 5.94. The summed E-state index contributed by atoms with van der Waals surface area (Å²) in [5.41, 5.74) is 0.0486. The van der Waals surface area contributed by atoms with Crippen LogP contribution >= 0.6 is 0 Å². The molecule has 2 amide bonds. The van der Waals surface area contributed by atoms with Gasteiger partial charge in [0.25, 0.3) is 0 Å². The second kappa shape index (κ2) is 5.34. The Hall–Kier alpha value is -1.32. The fourth-order valence-electron chi connectivity index (χ4n) is 2.03. The minimum atomic E-state index is -0.516. The minimum Gasteiger partial charge on any atom is -0.447 e. The molecule has 0 saturated carbocycles. The van der Waals surface area contributed by atoms with Gasteiger partial charge >= 0.3 is 6.09 Å². The fourth-order valence-corrected chi connectivity index (χ4v) is 2.03. The van der Waals surface area contributed by atoms with Gasteiger partial charge in [0.2, 0.25) is 5.91 Å². The Bertz CT molecular complexity index is 317. The fraction of sp³-hybridized carbons (Fsp3) is 0.692. The Balaban J connectivity index is 2.72. The van der Waals surface area contributed by atoms with Crippen LogP contribution in [0, 0.1) is 11.3 Å². The summed E-state index contributed by atoms with van der Waals surface area (Å²) in [5, 5.41) is 0. The van der Waals surface area contributed by atoms with Crippen molar-refractivity contribution in [2.24, 2.45) is 11.3 Å². The van der Waals surface area contributed by atoms with E-state index in [4.69, 9.17) is 4.74 Å². The van der Waals surface area contributed by atoms with E-state index in [-0.39, 0.29) is 17.2 Å². The highest BCUT2D eigenvalue weighted by Gasteiger charge is 2.34. The quantitative estimate of drug-likeness (QED) is 0.708. The van der Waals surface area contributed by atoms with Gasteiger partial charge in [-0.2, -0.15) is 0 Å². The second-order valence-electron chi connectivity index (χ2n) is 5.59. The molecule has 0 aliphatic carbocycles. The van der Waals surface area contributed by atoms with E-state index in [9.17, 15) is 9.59 Å². The molecule has 4 heteroatoms. The zero-order valence-electron chi connectivity index (χ0n) is 10.9. The molecule has 1 fully saturated rings. The first-order valence-corrected chi connectivity index (χ1v) is 5.94. The number of nitrogens with zero attached hydrogens (tertiary/aromatic N) is 1. The van der Waals surface area contributed by atoms with E-state index in [1.54, 1.807) is 6.08 Å². The molecule has 1 heterocycles. The lowest BCUT2D eigenvalue weighted by Crippen LogP contribution is -2.38. The topological polar surface area (TPSA) is 46.6 Å².